The first kappa shape index (κ1) is 20.8. The third-order valence-electron chi connectivity index (χ3n) is 4.63. The summed E-state index contributed by atoms with van der Waals surface area (Å²) in [6, 6.07) is 9.41. The Hall–Kier alpha value is -3.46. The van der Waals surface area contributed by atoms with Crippen LogP contribution < -0.4 is 14.9 Å². The van der Waals surface area contributed by atoms with Crippen LogP contribution in [0.25, 0.3) is 27.8 Å². The van der Waals surface area contributed by atoms with Crippen LogP contribution in [0.1, 0.15) is 5.76 Å². The molecule has 6 nitrogen and oxygen atoms in total. The van der Waals surface area contributed by atoms with E-state index in [0.29, 0.717) is 10.7 Å². The monoisotopic (exact) mass is 450 g/mol. The van der Waals surface area contributed by atoms with Gasteiger partial charge in [-0.2, -0.15) is 18.3 Å². The van der Waals surface area contributed by atoms with Crippen LogP contribution in [0.5, 0.6) is 11.5 Å². The van der Waals surface area contributed by atoms with E-state index in [1.54, 1.807) is 24.3 Å². The van der Waals surface area contributed by atoms with Crippen LogP contribution >= 0.6 is 11.6 Å². The molecule has 0 N–H and O–H groups in total. The predicted octanol–water partition coefficient (Wildman–Crippen LogP) is 5.34. The van der Waals surface area contributed by atoms with Gasteiger partial charge in [-0.15, -0.1) is 0 Å². The molecular formula is C21H14ClF3N2O4. The van der Waals surface area contributed by atoms with Gasteiger partial charge in [0, 0.05) is 11.8 Å². The van der Waals surface area contributed by atoms with Crippen molar-refractivity contribution in [2.45, 2.75) is 6.18 Å². The minimum atomic E-state index is -4.96. The van der Waals surface area contributed by atoms with Crippen molar-refractivity contribution in [1.29, 1.82) is 0 Å². The summed E-state index contributed by atoms with van der Waals surface area (Å²) in [4.78, 5) is 13.2. The number of aromatic nitrogens is 2. The Morgan fingerprint density at radius 3 is 2.48 bits per heavy atom. The lowest BCUT2D eigenvalue weighted by Gasteiger charge is -2.14. The highest BCUT2D eigenvalue weighted by atomic mass is 35.5. The average molecular weight is 451 g/mol. The Kier molecular flexibility index (Phi) is 5.14. The van der Waals surface area contributed by atoms with E-state index in [4.69, 9.17) is 25.5 Å². The van der Waals surface area contributed by atoms with Gasteiger partial charge in [-0.05, 0) is 24.3 Å². The molecule has 2 aromatic carbocycles. The molecule has 0 amide bonds. The van der Waals surface area contributed by atoms with Gasteiger partial charge in [-0.1, -0.05) is 23.7 Å². The maximum Gasteiger partial charge on any atom is 0.450 e. The molecule has 0 aliphatic heterocycles. The van der Waals surface area contributed by atoms with Crippen LogP contribution in [0.3, 0.4) is 0 Å². The lowest BCUT2D eigenvalue weighted by molar-refractivity contribution is -0.152. The molecule has 4 rings (SSSR count). The lowest BCUT2D eigenvalue weighted by atomic mass is 10.0. The van der Waals surface area contributed by atoms with E-state index in [9.17, 15) is 18.0 Å². The zero-order chi connectivity index (χ0) is 22.3. The zero-order valence-electron chi connectivity index (χ0n) is 16.2. The van der Waals surface area contributed by atoms with Gasteiger partial charge >= 0.3 is 6.18 Å². The Balaban J connectivity index is 2.02. The summed E-state index contributed by atoms with van der Waals surface area (Å²) in [6.45, 7) is 0. The molecular weight excluding hydrogens is 437 g/mol. The van der Waals surface area contributed by atoms with Crippen molar-refractivity contribution in [1.82, 2.24) is 9.78 Å². The smallest absolute Gasteiger partial charge is 0.450 e. The molecule has 0 unspecified atom stereocenters. The summed E-state index contributed by atoms with van der Waals surface area (Å²) in [6.07, 6.45) is -2.52. The number of benzene rings is 2. The Labute approximate surface area is 178 Å². The van der Waals surface area contributed by atoms with Gasteiger partial charge in [0.1, 0.15) is 0 Å². The third-order valence-corrected chi connectivity index (χ3v) is 4.95. The van der Waals surface area contributed by atoms with Gasteiger partial charge in [0.2, 0.25) is 16.9 Å². The minimum Gasteiger partial charge on any atom is -0.493 e. The maximum absolute atomic E-state index is 13.9. The van der Waals surface area contributed by atoms with Gasteiger partial charge in [0.05, 0.1) is 42.1 Å². The predicted molar refractivity (Wildman–Crippen MR) is 108 cm³/mol. The molecule has 2 aromatic heterocycles. The molecule has 0 atom stereocenters. The summed E-state index contributed by atoms with van der Waals surface area (Å²) in [5.74, 6) is -1.44. The largest absolute Gasteiger partial charge is 0.493 e. The topological polar surface area (TPSA) is 66.5 Å². The number of rotatable bonds is 4. The van der Waals surface area contributed by atoms with E-state index in [1.165, 1.54) is 37.2 Å². The summed E-state index contributed by atoms with van der Waals surface area (Å²) in [5.41, 5.74) is -1.53. The van der Waals surface area contributed by atoms with E-state index in [0.717, 1.165) is 6.20 Å². The Bertz CT molecular complexity index is 1340. The Morgan fingerprint density at radius 1 is 1.10 bits per heavy atom. The standard InChI is InChI=1S/C21H14ClF3N2O4/c1-29-15-8-7-12-17(28)16(20(21(23,24)25)31-18(12)19(15)30-2)11-9-26-27(10-11)14-6-4-3-5-13(14)22/h3-10H,1-2H3. The maximum atomic E-state index is 13.9. The Morgan fingerprint density at radius 2 is 1.84 bits per heavy atom. The molecule has 4 aromatic rings. The number of ether oxygens (including phenoxy) is 2. The van der Waals surface area contributed by atoms with Crippen molar-refractivity contribution < 1.29 is 27.1 Å². The molecule has 0 aliphatic carbocycles. The molecule has 0 radical (unpaired) electrons. The van der Waals surface area contributed by atoms with Gasteiger partial charge < -0.3 is 13.9 Å². The van der Waals surface area contributed by atoms with E-state index >= 15 is 0 Å². The first-order valence-corrected chi connectivity index (χ1v) is 9.23. The van der Waals surface area contributed by atoms with Crippen molar-refractivity contribution in [3.63, 3.8) is 0 Å². The highest BCUT2D eigenvalue weighted by molar-refractivity contribution is 6.32. The summed E-state index contributed by atoms with van der Waals surface area (Å²) < 4.78 is 58.4. The second kappa shape index (κ2) is 7.66. The summed E-state index contributed by atoms with van der Waals surface area (Å²) >= 11 is 6.14. The fourth-order valence-electron chi connectivity index (χ4n) is 3.25. The number of hydrogen-bond acceptors (Lipinski definition) is 5. The highest BCUT2D eigenvalue weighted by Crippen LogP contribution is 2.41. The van der Waals surface area contributed by atoms with E-state index < -0.39 is 22.9 Å². The van der Waals surface area contributed by atoms with E-state index in [1.807, 2.05) is 0 Å². The van der Waals surface area contributed by atoms with Crippen LogP contribution in [0.4, 0.5) is 13.2 Å². The first-order valence-electron chi connectivity index (χ1n) is 8.85. The van der Waals surface area contributed by atoms with E-state index in [2.05, 4.69) is 5.10 Å². The fraction of sp³-hybridized carbons (Fsp3) is 0.143. The number of alkyl halides is 3. The average Bonchev–Trinajstić information content (AvgIpc) is 3.21. The summed E-state index contributed by atoms with van der Waals surface area (Å²) in [7, 11) is 2.57. The second-order valence-electron chi connectivity index (χ2n) is 6.44. The molecule has 0 saturated heterocycles. The van der Waals surface area contributed by atoms with Crippen LogP contribution in [0, 0.1) is 0 Å². The SMILES string of the molecule is COc1ccc2c(=O)c(-c3cnn(-c4ccccc4Cl)c3)c(C(F)(F)F)oc2c1OC. The van der Waals surface area contributed by atoms with Crippen LogP contribution in [0.2, 0.25) is 5.02 Å². The van der Waals surface area contributed by atoms with Crippen molar-refractivity contribution in [3.8, 4) is 28.3 Å². The number of fused-ring (bicyclic) bond motifs is 1. The van der Waals surface area contributed by atoms with E-state index in [-0.39, 0.29) is 28.0 Å². The molecule has 0 bridgehead atoms. The van der Waals surface area contributed by atoms with Crippen molar-refractivity contribution in [2.24, 2.45) is 0 Å². The second-order valence-corrected chi connectivity index (χ2v) is 6.84. The van der Waals surface area contributed by atoms with Crippen molar-refractivity contribution >= 4 is 22.6 Å². The molecule has 0 saturated carbocycles. The third kappa shape index (κ3) is 3.50. The minimum absolute atomic E-state index is 0.0716. The molecule has 0 aliphatic rings. The molecule has 160 valence electrons. The first-order chi connectivity index (χ1) is 14.8. The van der Waals surface area contributed by atoms with Crippen LogP contribution in [-0.2, 0) is 6.18 Å². The highest BCUT2D eigenvalue weighted by Gasteiger charge is 2.40. The normalized spacial score (nSPS) is 11.7. The van der Waals surface area contributed by atoms with Crippen molar-refractivity contribution in [2.75, 3.05) is 14.2 Å². The number of methoxy groups -OCH3 is 2. The number of hydrogen-bond donors (Lipinski definition) is 0. The fourth-order valence-corrected chi connectivity index (χ4v) is 3.47. The van der Waals surface area contributed by atoms with Crippen LogP contribution in [-0.4, -0.2) is 24.0 Å². The van der Waals surface area contributed by atoms with Crippen LogP contribution in [0.15, 0.2) is 58.0 Å². The van der Waals surface area contributed by atoms with Gasteiger partial charge in [-0.3, -0.25) is 4.79 Å². The molecule has 2 heterocycles. The number of nitrogens with zero attached hydrogens (tertiary/aromatic N) is 2. The molecule has 10 heteroatoms. The van der Waals surface area contributed by atoms with Gasteiger partial charge in [0.15, 0.2) is 11.3 Å². The van der Waals surface area contributed by atoms with Gasteiger partial charge in [0.25, 0.3) is 0 Å². The number of para-hydroxylation sites is 1. The lowest BCUT2D eigenvalue weighted by Crippen LogP contribution is -2.16. The molecule has 31 heavy (non-hydrogen) atoms. The molecule has 0 spiro atoms. The quantitative estimate of drug-likeness (QED) is 0.420. The summed E-state index contributed by atoms with van der Waals surface area (Å²) in [5, 5.41) is 4.32. The van der Waals surface area contributed by atoms with Crippen molar-refractivity contribution in [3.05, 3.63) is 69.8 Å². The molecule has 0 fully saturated rings. The zero-order valence-corrected chi connectivity index (χ0v) is 16.9. The number of halogens is 4. The van der Waals surface area contributed by atoms with Gasteiger partial charge in [-0.25, -0.2) is 4.68 Å².